The Balaban J connectivity index is 1.80. The molecule has 1 aliphatic rings. The Hall–Kier alpha value is -1.87. The summed E-state index contributed by atoms with van der Waals surface area (Å²) in [4.78, 5) is 26.2. The Labute approximate surface area is 156 Å². The first-order chi connectivity index (χ1) is 11.6. The molecule has 0 aliphatic heterocycles. The Morgan fingerprint density at radius 1 is 1.29 bits per heavy atom. The minimum Gasteiger partial charge on any atom is -0.302 e. The molecule has 24 heavy (non-hydrogen) atoms. The van der Waals surface area contributed by atoms with Gasteiger partial charge in [-0.1, -0.05) is 23.5 Å². The second kappa shape index (κ2) is 6.21. The molecule has 3 aromatic rings. The third kappa shape index (κ3) is 2.93. The molecule has 0 fully saturated rings. The number of nitrogens with one attached hydrogen (secondary N) is 1. The van der Waals surface area contributed by atoms with E-state index in [2.05, 4.69) is 43.9 Å². The van der Waals surface area contributed by atoms with E-state index in [0.717, 1.165) is 49.6 Å². The fraction of sp³-hybridized carbons (Fsp3) is 0.176. The van der Waals surface area contributed by atoms with Crippen molar-refractivity contribution in [3.63, 3.8) is 0 Å². The number of aryl methyl sites for hydroxylation is 2. The molecule has 1 amide bonds. The Bertz CT molecular complexity index is 954. The van der Waals surface area contributed by atoms with Gasteiger partial charge >= 0.3 is 0 Å². The summed E-state index contributed by atoms with van der Waals surface area (Å²) in [5.41, 5.74) is 4.08. The van der Waals surface area contributed by atoms with Gasteiger partial charge in [-0.05, 0) is 53.1 Å². The molecule has 7 heteroatoms. The molecular formula is C17H13IN4OS. The molecule has 2 heterocycles. The molecule has 5 nitrogen and oxygen atoms in total. The second-order valence-corrected chi connectivity index (χ2v) is 7.80. The number of carbonyl (C=O) groups excluding carboxylic acids is 1. The van der Waals surface area contributed by atoms with Crippen LogP contribution in [-0.4, -0.2) is 20.9 Å². The molecule has 0 unspecified atom stereocenters. The number of carbonyl (C=O) groups is 1. The van der Waals surface area contributed by atoms with Crippen LogP contribution in [0.5, 0.6) is 0 Å². The van der Waals surface area contributed by atoms with Gasteiger partial charge in [0.05, 0.1) is 16.3 Å². The summed E-state index contributed by atoms with van der Waals surface area (Å²) in [5, 5.41) is 3.40. The number of thiazole rings is 1. The molecule has 0 saturated carbocycles. The third-order valence-electron chi connectivity index (χ3n) is 3.77. The van der Waals surface area contributed by atoms with Crippen molar-refractivity contribution >= 4 is 45.0 Å². The van der Waals surface area contributed by atoms with Crippen molar-refractivity contribution in [2.75, 3.05) is 5.32 Å². The summed E-state index contributed by atoms with van der Waals surface area (Å²) in [7, 11) is 0. The average molecular weight is 448 g/mol. The first kappa shape index (κ1) is 15.6. The summed E-state index contributed by atoms with van der Waals surface area (Å²) < 4.78 is 1.15. The number of hydrogen-bond acceptors (Lipinski definition) is 5. The molecule has 1 aromatic carbocycles. The smallest absolute Gasteiger partial charge is 0.223 e. The minimum absolute atomic E-state index is 0.108. The summed E-state index contributed by atoms with van der Waals surface area (Å²) in [6, 6.07) is 8.14. The zero-order chi connectivity index (χ0) is 16.7. The Morgan fingerprint density at radius 3 is 2.96 bits per heavy atom. The van der Waals surface area contributed by atoms with Gasteiger partial charge in [-0.2, -0.15) is 0 Å². The highest BCUT2D eigenvalue weighted by molar-refractivity contribution is 14.1. The quantitative estimate of drug-likeness (QED) is 0.604. The molecular weight excluding hydrogens is 435 g/mol. The highest BCUT2D eigenvalue weighted by Gasteiger charge is 2.23. The van der Waals surface area contributed by atoms with Crippen molar-refractivity contribution in [2.45, 2.75) is 19.8 Å². The van der Waals surface area contributed by atoms with Gasteiger partial charge in [-0.15, -0.1) is 0 Å². The zero-order valence-corrected chi connectivity index (χ0v) is 15.8. The molecule has 1 N–H and O–H groups in total. The van der Waals surface area contributed by atoms with E-state index < -0.39 is 0 Å². The topological polar surface area (TPSA) is 67.8 Å². The normalized spacial score (nSPS) is 12.4. The van der Waals surface area contributed by atoms with Crippen molar-refractivity contribution in [2.24, 2.45) is 0 Å². The van der Waals surface area contributed by atoms with Crippen LogP contribution in [0.15, 0.2) is 30.5 Å². The molecule has 4 rings (SSSR count). The van der Waals surface area contributed by atoms with E-state index in [1.54, 1.807) is 0 Å². The third-order valence-corrected chi connectivity index (χ3v) is 5.46. The van der Waals surface area contributed by atoms with Crippen LogP contribution >= 0.6 is 33.9 Å². The number of benzene rings is 1. The van der Waals surface area contributed by atoms with Crippen LogP contribution in [0.25, 0.3) is 22.0 Å². The van der Waals surface area contributed by atoms with Crippen LogP contribution in [-0.2, 0) is 17.6 Å². The highest BCUT2D eigenvalue weighted by atomic mass is 127. The number of amides is 1. The van der Waals surface area contributed by atoms with Crippen molar-refractivity contribution in [3.8, 4) is 22.0 Å². The summed E-state index contributed by atoms with van der Waals surface area (Å²) in [6.07, 6.45) is 3.64. The van der Waals surface area contributed by atoms with Gasteiger partial charge in [0.15, 0.2) is 11.0 Å². The molecule has 0 spiro atoms. The molecule has 2 aromatic heterocycles. The van der Waals surface area contributed by atoms with Gasteiger partial charge in [0.2, 0.25) is 5.91 Å². The number of halogens is 1. The van der Waals surface area contributed by atoms with Gasteiger partial charge in [0, 0.05) is 22.3 Å². The molecule has 120 valence electrons. The van der Waals surface area contributed by atoms with Crippen LogP contribution < -0.4 is 5.32 Å². The molecule has 0 saturated heterocycles. The average Bonchev–Trinajstić information content (AvgIpc) is 2.96. The maximum absolute atomic E-state index is 11.3. The van der Waals surface area contributed by atoms with E-state index in [1.165, 1.54) is 18.3 Å². The summed E-state index contributed by atoms with van der Waals surface area (Å²) in [6.45, 7) is 1.49. The van der Waals surface area contributed by atoms with E-state index in [0.29, 0.717) is 5.13 Å². The predicted octanol–water partition coefficient (Wildman–Crippen LogP) is 3.93. The SMILES string of the molecule is CC(=O)Nc1nc2c(s1)-c1nc(-c3cccc(I)c3)ncc1CC2. The molecule has 0 atom stereocenters. The molecule has 1 aliphatic carbocycles. The van der Waals surface area contributed by atoms with Crippen molar-refractivity contribution in [1.82, 2.24) is 15.0 Å². The van der Waals surface area contributed by atoms with E-state index in [9.17, 15) is 4.79 Å². The van der Waals surface area contributed by atoms with Crippen LogP contribution in [0.4, 0.5) is 5.13 Å². The Morgan fingerprint density at radius 2 is 2.17 bits per heavy atom. The zero-order valence-electron chi connectivity index (χ0n) is 12.8. The fourth-order valence-corrected chi connectivity index (χ4v) is 4.34. The number of fused-ring (bicyclic) bond motifs is 3. The first-order valence-electron chi connectivity index (χ1n) is 7.49. The van der Waals surface area contributed by atoms with E-state index >= 15 is 0 Å². The van der Waals surface area contributed by atoms with E-state index in [4.69, 9.17) is 4.98 Å². The summed E-state index contributed by atoms with van der Waals surface area (Å²) in [5.74, 6) is 0.609. The van der Waals surface area contributed by atoms with Crippen molar-refractivity contribution in [3.05, 3.63) is 45.3 Å². The van der Waals surface area contributed by atoms with Crippen LogP contribution in [0.3, 0.4) is 0 Å². The summed E-state index contributed by atoms with van der Waals surface area (Å²) >= 11 is 3.76. The number of aromatic nitrogens is 3. The van der Waals surface area contributed by atoms with Gasteiger partial charge in [-0.25, -0.2) is 15.0 Å². The largest absolute Gasteiger partial charge is 0.302 e. The lowest BCUT2D eigenvalue weighted by Gasteiger charge is -2.14. The van der Waals surface area contributed by atoms with Gasteiger partial charge in [0.25, 0.3) is 0 Å². The maximum atomic E-state index is 11.3. The van der Waals surface area contributed by atoms with Gasteiger partial charge in [0.1, 0.15) is 0 Å². The number of rotatable bonds is 2. The lowest BCUT2D eigenvalue weighted by atomic mass is 9.99. The van der Waals surface area contributed by atoms with Crippen molar-refractivity contribution in [1.29, 1.82) is 0 Å². The Kier molecular flexibility index (Phi) is 4.05. The van der Waals surface area contributed by atoms with Crippen LogP contribution in [0, 0.1) is 3.57 Å². The van der Waals surface area contributed by atoms with Crippen LogP contribution in [0.2, 0.25) is 0 Å². The van der Waals surface area contributed by atoms with Crippen LogP contribution in [0.1, 0.15) is 18.2 Å². The van der Waals surface area contributed by atoms with Gasteiger partial charge in [-0.3, -0.25) is 4.79 Å². The first-order valence-corrected chi connectivity index (χ1v) is 9.39. The fourth-order valence-electron chi connectivity index (χ4n) is 2.72. The molecule has 0 radical (unpaired) electrons. The number of anilines is 1. The predicted molar refractivity (Wildman–Crippen MR) is 103 cm³/mol. The lowest BCUT2D eigenvalue weighted by Crippen LogP contribution is -2.07. The highest BCUT2D eigenvalue weighted by Crippen LogP contribution is 2.38. The standard InChI is InChI=1S/C17H13IN4OS/c1-9(23)20-17-21-13-6-5-11-8-19-16(22-14(11)15(13)24-17)10-3-2-4-12(18)7-10/h2-4,7-8H,5-6H2,1H3,(H,20,21,23). The van der Waals surface area contributed by atoms with Gasteiger partial charge < -0.3 is 5.32 Å². The number of hydrogen-bond donors (Lipinski definition) is 1. The number of nitrogens with zero attached hydrogens (tertiary/aromatic N) is 3. The van der Waals surface area contributed by atoms with E-state index in [1.807, 2.05) is 24.4 Å². The van der Waals surface area contributed by atoms with Crippen molar-refractivity contribution < 1.29 is 4.79 Å². The maximum Gasteiger partial charge on any atom is 0.223 e. The van der Waals surface area contributed by atoms with E-state index in [-0.39, 0.29) is 5.91 Å². The minimum atomic E-state index is -0.108. The monoisotopic (exact) mass is 448 g/mol. The lowest BCUT2D eigenvalue weighted by molar-refractivity contribution is -0.114. The second-order valence-electron chi connectivity index (χ2n) is 5.55. The molecule has 0 bridgehead atoms.